The molecule has 2 aromatic rings. The maximum absolute atomic E-state index is 12.8. The van der Waals surface area contributed by atoms with Gasteiger partial charge in [0.05, 0.1) is 20.7 Å². The highest BCUT2D eigenvalue weighted by Crippen LogP contribution is 2.40. The number of ether oxygens (including phenoxy) is 2. The second-order valence-electron chi connectivity index (χ2n) is 13.9. The fourth-order valence-electron chi connectivity index (χ4n) is 4.75. The first kappa shape index (κ1) is 35.6. The van der Waals surface area contributed by atoms with E-state index in [1.54, 1.807) is 69.2 Å². The first-order chi connectivity index (χ1) is 19.8. The minimum Gasteiger partial charge on any atom is -0.429 e. The topological polar surface area (TPSA) is 208 Å². The van der Waals surface area contributed by atoms with E-state index in [0.717, 1.165) is 0 Å². The maximum atomic E-state index is 12.8. The molecule has 0 aliphatic carbocycles. The van der Waals surface area contributed by atoms with Crippen LogP contribution in [0.25, 0.3) is 0 Å². The van der Waals surface area contributed by atoms with E-state index in [1.165, 1.54) is 24.3 Å². The number of nitro benzene ring substituents is 2. The minimum absolute atomic E-state index is 0.172. The van der Waals surface area contributed by atoms with E-state index in [-0.39, 0.29) is 22.5 Å². The second-order valence-corrected chi connectivity index (χ2v) is 13.9. The van der Waals surface area contributed by atoms with Crippen LogP contribution in [-0.4, -0.2) is 27.8 Å². The summed E-state index contributed by atoms with van der Waals surface area (Å²) in [6.45, 7) is 16.0. The lowest BCUT2D eigenvalue weighted by molar-refractivity contribution is -0.386. The molecule has 4 N–H and O–H groups in total. The Hall–Kier alpha value is -4.55. The number of hydrogen-bond donors (Lipinski definition) is 2. The van der Waals surface area contributed by atoms with Crippen LogP contribution in [0.3, 0.4) is 0 Å². The molecular formula is C31H42N4O9. The average Bonchev–Trinajstić information content (AvgIpc) is 2.88. The zero-order valence-corrected chi connectivity index (χ0v) is 26.9. The van der Waals surface area contributed by atoms with Crippen molar-refractivity contribution in [2.75, 3.05) is 0 Å². The summed E-state index contributed by atoms with van der Waals surface area (Å²) in [6.07, 6.45) is -1.19. The zero-order chi connectivity index (χ0) is 34.2. The third-order valence-corrected chi connectivity index (χ3v) is 7.72. The van der Waals surface area contributed by atoms with Gasteiger partial charge < -0.3 is 20.9 Å². The molecule has 0 radical (unpaired) electrons. The number of amides is 2. The molecule has 0 saturated heterocycles. The molecule has 0 saturated carbocycles. The monoisotopic (exact) mass is 614 g/mol. The molecule has 13 nitrogen and oxygen atoms in total. The summed E-state index contributed by atoms with van der Waals surface area (Å²) < 4.78 is 10.6. The van der Waals surface area contributed by atoms with Crippen molar-refractivity contribution in [2.24, 2.45) is 11.5 Å². The van der Waals surface area contributed by atoms with Gasteiger partial charge in [0.15, 0.2) is 0 Å². The van der Waals surface area contributed by atoms with Gasteiger partial charge in [0, 0.05) is 34.4 Å². The lowest BCUT2D eigenvalue weighted by Gasteiger charge is -2.28. The van der Waals surface area contributed by atoms with Gasteiger partial charge >= 0.3 is 6.16 Å². The molecule has 2 rings (SSSR count). The second kappa shape index (κ2) is 12.2. The number of benzene rings is 2. The number of carbonyl (C=O) groups is 3. The Kier molecular flexibility index (Phi) is 9.89. The van der Waals surface area contributed by atoms with Crippen LogP contribution in [0.5, 0.6) is 0 Å². The van der Waals surface area contributed by atoms with Gasteiger partial charge in [-0.15, -0.1) is 0 Å². The molecule has 44 heavy (non-hydrogen) atoms. The molecule has 0 bridgehead atoms. The highest BCUT2D eigenvalue weighted by atomic mass is 16.7. The number of nitrogens with two attached hydrogens (primary N) is 2. The van der Waals surface area contributed by atoms with Crippen LogP contribution in [0.15, 0.2) is 24.3 Å². The van der Waals surface area contributed by atoms with Gasteiger partial charge in [-0.05, 0) is 61.8 Å². The predicted octanol–water partition coefficient (Wildman–Crippen LogP) is 5.48. The molecule has 0 aromatic heterocycles. The first-order valence-corrected chi connectivity index (χ1v) is 13.9. The lowest BCUT2D eigenvalue weighted by atomic mass is 9.76. The number of primary amides is 2. The Balaban J connectivity index is 2.52. The fraction of sp³-hybridized carbons (Fsp3) is 0.516. The number of hydrogen-bond acceptors (Lipinski definition) is 9. The number of nitrogens with zero attached hydrogens (tertiary/aromatic N) is 2. The largest absolute Gasteiger partial charge is 0.508 e. The Bertz CT molecular complexity index is 1400. The Morgan fingerprint density at radius 1 is 0.614 bits per heavy atom. The quantitative estimate of drug-likeness (QED) is 0.197. The van der Waals surface area contributed by atoms with Gasteiger partial charge in [0.25, 0.3) is 11.4 Å². The van der Waals surface area contributed by atoms with Crippen LogP contribution >= 0.6 is 0 Å². The lowest BCUT2D eigenvalue weighted by Crippen LogP contribution is -2.37. The molecule has 240 valence electrons. The van der Waals surface area contributed by atoms with E-state index in [2.05, 4.69) is 0 Å². The maximum Gasteiger partial charge on any atom is 0.508 e. The van der Waals surface area contributed by atoms with Crippen LogP contribution in [-0.2, 0) is 53.9 Å². The third kappa shape index (κ3) is 7.50. The van der Waals surface area contributed by atoms with Crippen molar-refractivity contribution < 1.29 is 33.7 Å². The molecule has 2 aromatic carbocycles. The van der Waals surface area contributed by atoms with E-state index >= 15 is 0 Å². The van der Waals surface area contributed by atoms with Gasteiger partial charge in [-0.1, -0.05) is 41.5 Å². The first-order valence-electron chi connectivity index (χ1n) is 13.9. The van der Waals surface area contributed by atoms with Gasteiger partial charge in [-0.3, -0.25) is 29.8 Å². The number of rotatable bonds is 10. The molecule has 13 heteroatoms. The molecule has 0 fully saturated rings. The van der Waals surface area contributed by atoms with E-state index in [4.69, 9.17) is 20.9 Å². The molecule has 0 aliphatic rings. The van der Waals surface area contributed by atoms with Crippen molar-refractivity contribution in [2.45, 2.75) is 104 Å². The SMILES string of the molecule is CC(C)(C)c1cc(C(C)(C)C(N)=O)c(COC(=O)OCc2cc([N+](=O)[O-])c(C(C)(C)C)cc2C(C)(C)C(N)=O)cc1[N+](=O)[O-]. The zero-order valence-electron chi connectivity index (χ0n) is 26.9. The molecule has 0 unspecified atom stereocenters. The Morgan fingerprint density at radius 2 is 0.909 bits per heavy atom. The summed E-state index contributed by atoms with van der Waals surface area (Å²) in [5.74, 6) is -1.39. The standard InChI is InChI=1S/C31H42N4O9/c1-28(2,3)21-13-19(30(7,8)25(32)36)17(11-23(21)34(39)40)15-43-27(38)44-16-18-12-24(35(41)42)22(29(4,5)6)14-20(18)31(9,10)26(33)37/h11-14H,15-16H2,1-10H3,(H2,32,36)(H2,33,37). The molecule has 0 aliphatic heterocycles. The van der Waals surface area contributed by atoms with Crippen LogP contribution in [0.4, 0.5) is 16.2 Å². The number of nitro groups is 2. The van der Waals surface area contributed by atoms with E-state index in [9.17, 15) is 34.6 Å². The van der Waals surface area contributed by atoms with Crippen LogP contribution in [0.1, 0.15) is 103 Å². The van der Waals surface area contributed by atoms with Gasteiger partial charge in [0.1, 0.15) is 13.2 Å². The van der Waals surface area contributed by atoms with Crippen molar-refractivity contribution in [3.63, 3.8) is 0 Å². The van der Waals surface area contributed by atoms with Crippen molar-refractivity contribution in [1.82, 2.24) is 0 Å². The van der Waals surface area contributed by atoms with E-state index < -0.39 is 62.7 Å². The third-order valence-electron chi connectivity index (χ3n) is 7.72. The molecule has 0 spiro atoms. The molecule has 0 heterocycles. The summed E-state index contributed by atoms with van der Waals surface area (Å²) in [5, 5.41) is 23.9. The normalized spacial score (nSPS) is 12.4. The van der Waals surface area contributed by atoms with Gasteiger partial charge in [-0.25, -0.2) is 4.79 Å². The predicted molar refractivity (Wildman–Crippen MR) is 163 cm³/mol. The Morgan fingerprint density at radius 3 is 1.14 bits per heavy atom. The van der Waals surface area contributed by atoms with Gasteiger partial charge in [-0.2, -0.15) is 0 Å². The smallest absolute Gasteiger partial charge is 0.429 e. The van der Waals surface area contributed by atoms with Crippen molar-refractivity contribution in [1.29, 1.82) is 0 Å². The summed E-state index contributed by atoms with van der Waals surface area (Å²) >= 11 is 0. The van der Waals surface area contributed by atoms with Crippen LogP contribution in [0.2, 0.25) is 0 Å². The van der Waals surface area contributed by atoms with Crippen LogP contribution in [0, 0.1) is 20.2 Å². The van der Waals surface area contributed by atoms with Crippen molar-refractivity contribution in [3.05, 3.63) is 77.9 Å². The summed E-state index contributed by atoms with van der Waals surface area (Å²) in [5.41, 5.74) is 8.73. The fourth-order valence-corrected chi connectivity index (χ4v) is 4.75. The van der Waals surface area contributed by atoms with E-state index in [1.807, 2.05) is 0 Å². The highest BCUT2D eigenvalue weighted by molar-refractivity contribution is 5.87. The Labute approximate surface area is 256 Å². The summed E-state index contributed by atoms with van der Waals surface area (Å²) in [4.78, 5) is 60.2. The van der Waals surface area contributed by atoms with Crippen LogP contribution < -0.4 is 11.5 Å². The summed E-state index contributed by atoms with van der Waals surface area (Å²) in [6, 6.07) is 5.55. The highest BCUT2D eigenvalue weighted by Gasteiger charge is 2.37. The molecule has 0 atom stereocenters. The van der Waals surface area contributed by atoms with E-state index in [0.29, 0.717) is 22.3 Å². The number of carbonyl (C=O) groups excluding carboxylic acids is 3. The molecule has 2 amide bonds. The van der Waals surface area contributed by atoms with Crippen molar-refractivity contribution in [3.8, 4) is 0 Å². The van der Waals surface area contributed by atoms with Gasteiger partial charge in [0.2, 0.25) is 11.8 Å². The molecular weight excluding hydrogens is 572 g/mol. The summed E-state index contributed by atoms with van der Waals surface area (Å²) in [7, 11) is 0. The average molecular weight is 615 g/mol. The minimum atomic E-state index is -1.28. The van der Waals surface area contributed by atoms with Crippen molar-refractivity contribution >= 4 is 29.3 Å².